The fraction of sp³-hybridized carbons (Fsp3) is 0.444. The van der Waals surface area contributed by atoms with Gasteiger partial charge in [-0.25, -0.2) is 17.9 Å². The number of sulfonamides is 1. The molecule has 0 aromatic carbocycles. The maximum atomic E-state index is 11.8. The second-order valence-corrected chi connectivity index (χ2v) is 7.08. The number of thiophene rings is 1. The van der Waals surface area contributed by atoms with Gasteiger partial charge in [-0.05, 0) is 31.9 Å². The lowest BCUT2D eigenvalue weighted by Gasteiger charge is -2.09. The van der Waals surface area contributed by atoms with Crippen LogP contribution in [-0.2, 0) is 10.0 Å². The zero-order chi connectivity index (χ0) is 12.0. The van der Waals surface area contributed by atoms with Crippen molar-refractivity contribution in [3.8, 4) is 0 Å². The van der Waals surface area contributed by atoms with Crippen molar-refractivity contribution in [2.45, 2.75) is 29.5 Å². The molecule has 0 unspecified atom stereocenters. The van der Waals surface area contributed by atoms with Crippen LogP contribution in [0.5, 0.6) is 0 Å². The van der Waals surface area contributed by atoms with E-state index in [9.17, 15) is 13.2 Å². The van der Waals surface area contributed by atoms with E-state index in [0.29, 0.717) is 0 Å². The minimum absolute atomic E-state index is 0.0290. The monoisotopic (exact) mass is 261 g/mol. The Hall–Kier alpha value is -0.920. The summed E-state index contributed by atoms with van der Waals surface area (Å²) in [7, 11) is -3.56. The van der Waals surface area contributed by atoms with E-state index >= 15 is 0 Å². The van der Waals surface area contributed by atoms with Crippen molar-refractivity contribution in [1.29, 1.82) is 0 Å². The van der Waals surface area contributed by atoms with Crippen molar-refractivity contribution in [2.75, 3.05) is 0 Å². The Labute approximate surface area is 97.2 Å². The first-order valence-electron chi connectivity index (χ1n) is 4.70. The number of nitrogens with one attached hydrogen (secondary N) is 1. The topological polar surface area (TPSA) is 83.5 Å². The first-order chi connectivity index (χ1) is 7.32. The van der Waals surface area contributed by atoms with Crippen molar-refractivity contribution in [2.24, 2.45) is 0 Å². The summed E-state index contributed by atoms with van der Waals surface area (Å²) in [5, 5.41) is 8.70. The Bertz CT molecular complexity index is 527. The molecule has 2 N–H and O–H groups in total. The standard InChI is InChI=1S/C9H11NO4S2/c1-9(4-5-9)10-16(13,14)7-3-2-6(15-7)8(11)12/h2-3,10H,4-5H2,1H3,(H,11,12). The van der Waals surface area contributed by atoms with Gasteiger partial charge in [0.1, 0.15) is 9.09 Å². The van der Waals surface area contributed by atoms with Gasteiger partial charge < -0.3 is 5.11 Å². The van der Waals surface area contributed by atoms with E-state index in [1.807, 2.05) is 6.92 Å². The summed E-state index contributed by atoms with van der Waals surface area (Å²) in [5.74, 6) is -1.11. The van der Waals surface area contributed by atoms with Crippen LogP contribution < -0.4 is 4.72 Å². The number of carbonyl (C=O) groups is 1. The van der Waals surface area contributed by atoms with Crippen LogP contribution in [0.4, 0.5) is 0 Å². The first-order valence-corrected chi connectivity index (χ1v) is 7.00. The Kier molecular flexibility index (Phi) is 2.56. The number of carboxylic acids is 1. The van der Waals surface area contributed by atoms with E-state index in [0.717, 1.165) is 24.2 Å². The van der Waals surface area contributed by atoms with E-state index in [-0.39, 0.29) is 14.6 Å². The van der Waals surface area contributed by atoms with Crippen LogP contribution in [-0.4, -0.2) is 25.0 Å². The average molecular weight is 261 g/mol. The Morgan fingerprint density at radius 2 is 2.12 bits per heavy atom. The second kappa shape index (κ2) is 3.54. The Morgan fingerprint density at radius 1 is 1.50 bits per heavy atom. The highest BCUT2D eigenvalue weighted by Gasteiger charge is 2.41. The smallest absolute Gasteiger partial charge is 0.345 e. The molecular weight excluding hydrogens is 250 g/mol. The predicted molar refractivity (Wildman–Crippen MR) is 59.2 cm³/mol. The molecule has 0 radical (unpaired) electrons. The highest BCUT2D eigenvalue weighted by molar-refractivity contribution is 7.91. The zero-order valence-corrected chi connectivity index (χ0v) is 10.2. The summed E-state index contributed by atoms with van der Waals surface area (Å²) in [6.45, 7) is 1.83. The number of aromatic carboxylic acids is 1. The summed E-state index contributed by atoms with van der Waals surface area (Å²) >= 11 is 0.766. The van der Waals surface area contributed by atoms with Gasteiger partial charge in [-0.3, -0.25) is 0 Å². The van der Waals surface area contributed by atoms with Gasteiger partial charge in [0.25, 0.3) is 10.0 Å². The third kappa shape index (κ3) is 2.26. The van der Waals surface area contributed by atoms with E-state index in [4.69, 9.17) is 5.11 Å². The van der Waals surface area contributed by atoms with Gasteiger partial charge in [0.2, 0.25) is 0 Å². The molecule has 1 heterocycles. The fourth-order valence-electron chi connectivity index (χ4n) is 1.24. The minimum atomic E-state index is -3.56. The van der Waals surface area contributed by atoms with Crippen LogP contribution in [0.3, 0.4) is 0 Å². The van der Waals surface area contributed by atoms with Crippen molar-refractivity contribution in [3.05, 3.63) is 17.0 Å². The normalized spacial score (nSPS) is 18.3. The molecule has 0 amide bonds. The Balaban J connectivity index is 2.25. The van der Waals surface area contributed by atoms with Crippen LogP contribution in [0.1, 0.15) is 29.4 Å². The molecule has 1 aromatic rings. The molecule has 0 bridgehead atoms. The third-order valence-electron chi connectivity index (χ3n) is 2.44. The number of carboxylic acid groups (broad SMARTS) is 1. The third-order valence-corrected chi connectivity index (χ3v) is 5.64. The summed E-state index contributed by atoms with van der Waals surface area (Å²) in [4.78, 5) is 10.7. The second-order valence-electron chi connectivity index (χ2n) is 4.09. The van der Waals surface area contributed by atoms with Gasteiger partial charge in [-0.15, -0.1) is 11.3 Å². The van der Waals surface area contributed by atoms with Crippen molar-refractivity contribution in [3.63, 3.8) is 0 Å². The van der Waals surface area contributed by atoms with Crippen LogP contribution >= 0.6 is 11.3 Å². The van der Waals surface area contributed by atoms with Gasteiger partial charge >= 0.3 is 5.97 Å². The number of hydrogen-bond acceptors (Lipinski definition) is 4. The molecule has 7 heteroatoms. The largest absolute Gasteiger partial charge is 0.477 e. The van der Waals surface area contributed by atoms with Crippen molar-refractivity contribution in [1.82, 2.24) is 4.72 Å². The summed E-state index contributed by atoms with van der Waals surface area (Å²) in [5.41, 5.74) is -0.341. The highest BCUT2D eigenvalue weighted by atomic mass is 32.2. The summed E-state index contributed by atoms with van der Waals surface area (Å²) in [6, 6.07) is 2.62. The van der Waals surface area contributed by atoms with Crippen LogP contribution in [0.2, 0.25) is 0 Å². The maximum Gasteiger partial charge on any atom is 0.345 e. The lowest BCUT2D eigenvalue weighted by molar-refractivity contribution is 0.0702. The van der Waals surface area contributed by atoms with Gasteiger partial charge in [0.15, 0.2) is 0 Å². The molecule has 1 aliphatic carbocycles. The summed E-state index contributed by atoms with van der Waals surface area (Å²) in [6.07, 6.45) is 1.65. The molecule has 0 aliphatic heterocycles. The quantitative estimate of drug-likeness (QED) is 0.855. The average Bonchev–Trinajstić information content (AvgIpc) is 2.69. The lowest BCUT2D eigenvalue weighted by atomic mass is 10.4. The van der Waals surface area contributed by atoms with Crippen LogP contribution in [0.15, 0.2) is 16.3 Å². The summed E-state index contributed by atoms with van der Waals surface area (Å²) < 4.78 is 26.3. The lowest BCUT2D eigenvalue weighted by Crippen LogP contribution is -2.33. The van der Waals surface area contributed by atoms with Gasteiger partial charge in [0, 0.05) is 5.54 Å². The molecular formula is C9H11NO4S2. The van der Waals surface area contributed by atoms with E-state index < -0.39 is 16.0 Å². The van der Waals surface area contributed by atoms with Crippen molar-refractivity contribution < 1.29 is 18.3 Å². The zero-order valence-electron chi connectivity index (χ0n) is 8.56. The van der Waals surface area contributed by atoms with E-state index in [2.05, 4.69) is 4.72 Å². The molecule has 1 aliphatic rings. The SMILES string of the molecule is CC1(NS(=O)(=O)c2ccc(C(=O)O)s2)CC1. The molecule has 1 aromatic heterocycles. The fourth-order valence-corrected chi connectivity index (χ4v) is 3.85. The van der Waals surface area contributed by atoms with Crippen LogP contribution in [0, 0.1) is 0 Å². The minimum Gasteiger partial charge on any atom is -0.477 e. The maximum absolute atomic E-state index is 11.8. The van der Waals surface area contributed by atoms with Gasteiger partial charge in [-0.2, -0.15) is 0 Å². The van der Waals surface area contributed by atoms with Crippen molar-refractivity contribution >= 4 is 27.3 Å². The molecule has 1 saturated carbocycles. The van der Waals surface area contributed by atoms with E-state index in [1.165, 1.54) is 12.1 Å². The number of hydrogen-bond donors (Lipinski definition) is 2. The molecule has 16 heavy (non-hydrogen) atoms. The highest BCUT2D eigenvalue weighted by Crippen LogP contribution is 2.36. The molecule has 1 fully saturated rings. The van der Waals surface area contributed by atoms with E-state index in [1.54, 1.807) is 0 Å². The molecule has 0 spiro atoms. The molecule has 0 saturated heterocycles. The van der Waals surface area contributed by atoms with Gasteiger partial charge in [-0.1, -0.05) is 0 Å². The number of rotatable bonds is 4. The van der Waals surface area contributed by atoms with Crippen LogP contribution in [0.25, 0.3) is 0 Å². The first kappa shape index (κ1) is 11.6. The molecule has 88 valence electrons. The predicted octanol–water partition coefficient (Wildman–Crippen LogP) is 1.28. The molecule has 2 rings (SSSR count). The molecule has 0 atom stereocenters. The Morgan fingerprint density at radius 3 is 2.56 bits per heavy atom. The van der Waals surface area contributed by atoms with Gasteiger partial charge in [0.05, 0.1) is 0 Å². The molecule has 5 nitrogen and oxygen atoms in total.